The summed E-state index contributed by atoms with van der Waals surface area (Å²) in [4.78, 5) is 29.1. The number of ether oxygens (including phenoxy) is 1. The summed E-state index contributed by atoms with van der Waals surface area (Å²) in [5.74, 6) is 0.331. The van der Waals surface area contributed by atoms with E-state index >= 15 is 0 Å². The van der Waals surface area contributed by atoms with Crippen LogP contribution < -0.4 is 5.32 Å². The number of hydrogen-bond acceptors (Lipinski definition) is 6. The third-order valence-electron chi connectivity index (χ3n) is 4.78. The standard InChI is InChI=1S/C24H19ClN2O4S/c1-13-4-8-19(14(2)10-13)26-24-27-22(28)21(32-24)12-16-6-9-20(31-16)15-5-7-17(18(25)11-15)23(29)30-3/h4-12H,1-3H3,(H,26,27,28)/b21-12-. The van der Waals surface area contributed by atoms with Crippen molar-refractivity contribution in [1.29, 1.82) is 0 Å². The molecule has 0 unspecified atom stereocenters. The number of carbonyl (C=O) groups is 2. The highest BCUT2D eigenvalue weighted by atomic mass is 35.5. The minimum Gasteiger partial charge on any atom is -0.465 e. The number of nitrogens with one attached hydrogen (secondary N) is 1. The number of carbonyl (C=O) groups excluding carboxylic acids is 2. The van der Waals surface area contributed by atoms with Gasteiger partial charge in [0.1, 0.15) is 11.5 Å². The molecule has 3 aromatic rings. The number of amidine groups is 1. The van der Waals surface area contributed by atoms with E-state index in [9.17, 15) is 9.59 Å². The SMILES string of the molecule is COC(=O)c1ccc(-c2ccc(/C=C3\SC(=Nc4ccc(C)cc4C)NC3=O)o2)cc1Cl. The van der Waals surface area contributed by atoms with Crippen LogP contribution in [0.25, 0.3) is 17.4 Å². The second kappa shape index (κ2) is 9.06. The molecule has 2 heterocycles. The van der Waals surface area contributed by atoms with Crippen LogP contribution in [0.1, 0.15) is 27.2 Å². The molecule has 4 rings (SSSR count). The Morgan fingerprint density at radius 3 is 2.69 bits per heavy atom. The summed E-state index contributed by atoms with van der Waals surface area (Å²) < 4.78 is 10.6. The first-order valence-corrected chi connectivity index (χ1v) is 10.9. The zero-order valence-corrected chi connectivity index (χ0v) is 19.1. The third kappa shape index (κ3) is 4.64. The summed E-state index contributed by atoms with van der Waals surface area (Å²) in [6.07, 6.45) is 1.67. The molecule has 0 atom stereocenters. The lowest BCUT2D eigenvalue weighted by molar-refractivity contribution is -0.115. The van der Waals surface area contributed by atoms with E-state index in [1.807, 2.05) is 32.0 Å². The second-order valence-corrected chi connectivity index (χ2v) is 8.60. The molecule has 162 valence electrons. The molecule has 6 nitrogen and oxygen atoms in total. The number of benzene rings is 2. The molecule has 0 aliphatic carbocycles. The Labute approximate surface area is 194 Å². The van der Waals surface area contributed by atoms with Crippen LogP contribution in [0.2, 0.25) is 5.02 Å². The van der Waals surface area contributed by atoms with Crippen LogP contribution in [0.5, 0.6) is 0 Å². The average molecular weight is 467 g/mol. The number of nitrogens with zero attached hydrogens (tertiary/aromatic N) is 1. The van der Waals surface area contributed by atoms with Crippen LogP contribution in [0, 0.1) is 13.8 Å². The Bertz CT molecular complexity index is 1290. The van der Waals surface area contributed by atoms with Crippen LogP contribution >= 0.6 is 23.4 Å². The normalized spacial score (nSPS) is 15.9. The van der Waals surface area contributed by atoms with E-state index in [1.165, 1.54) is 18.9 Å². The molecule has 8 heteroatoms. The van der Waals surface area contributed by atoms with E-state index < -0.39 is 5.97 Å². The Morgan fingerprint density at radius 2 is 1.97 bits per heavy atom. The van der Waals surface area contributed by atoms with Crippen molar-refractivity contribution in [2.75, 3.05) is 7.11 Å². The van der Waals surface area contributed by atoms with Crippen molar-refractivity contribution in [3.63, 3.8) is 0 Å². The fourth-order valence-corrected chi connectivity index (χ4v) is 4.25. The Hall–Kier alpha value is -3.29. The first kappa shape index (κ1) is 21.9. The molecule has 32 heavy (non-hydrogen) atoms. The van der Waals surface area contributed by atoms with Gasteiger partial charge in [0.15, 0.2) is 5.17 Å². The van der Waals surface area contributed by atoms with Gasteiger partial charge in [0.2, 0.25) is 0 Å². The Balaban J connectivity index is 1.54. The lowest BCUT2D eigenvalue weighted by Gasteiger charge is -2.04. The van der Waals surface area contributed by atoms with Crippen molar-refractivity contribution < 1.29 is 18.7 Å². The number of esters is 1. The highest BCUT2D eigenvalue weighted by Crippen LogP contribution is 2.32. The molecule has 2 aromatic carbocycles. The monoisotopic (exact) mass is 466 g/mol. The molecular weight excluding hydrogens is 448 g/mol. The lowest BCUT2D eigenvalue weighted by Crippen LogP contribution is -2.19. The first-order valence-electron chi connectivity index (χ1n) is 9.69. The van der Waals surface area contributed by atoms with Gasteiger partial charge >= 0.3 is 5.97 Å². The van der Waals surface area contributed by atoms with Gasteiger partial charge in [0, 0.05) is 11.6 Å². The van der Waals surface area contributed by atoms with E-state index in [0.29, 0.717) is 27.2 Å². The molecule has 0 bridgehead atoms. The molecule has 0 radical (unpaired) electrons. The maximum Gasteiger partial charge on any atom is 0.339 e. The second-order valence-electron chi connectivity index (χ2n) is 7.16. The lowest BCUT2D eigenvalue weighted by atomic mass is 10.1. The van der Waals surface area contributed by atoms with Crippen LogP contribution in [0.3, 0.4) is 0 Å². The number of hydrogen-bond donors (Lipinski definition) is 1. The molecule has 1 aromatic heterocycles. The van der Waals surface area contributed by atoms with E-state index in [1.54, 1.807) is 36.4 Å². The smallest absolute Gasteiger partial charge is 0.339 e. The van der Waals surface area contributed by atoms with Gasteiger partial charge in [-0.2, -0.15) is 0 Å². The Kier molecular flexibility index (Phi) is 6.21. The van der Waals surface area contributed by atoms with Crippen molar-refractivity contribution in [1.82, 2.24) is 5.32 Å². The summed E-state index contributed by atoms with van der Waals surface area (Å²) in [7, 11) is 1.30. The van der Waals surface area contributed by atoms with Gasteiger partial charge in [-0.05, 0) is 61.5 Å². The molecule has 0 spiro atoms. The minimum atomic E-state index is -0.506. The minimum absolute atomic E-state index is 0.234. The quantitative estimate of drug-likeness (QED) is 0.382. The molecule has 1 aliphatic rings. The number of halogens is 1. The molecule has 1 fully saturated rings. The van der Waals surface area contributed by atoms with Crippen LogP contribution in [0.4, 0.5) is 5.69 Å². The molecule has 1 aliphatic heterocycles. The van der Waals surface area contributed by atoms with Gasteiger partial charge in [0.05, 0.1) is 28.3 Å². The summed E-state index contributed by atoms with van der Waals surface area (Å²) in [6, 6.07) is 14.4. The largest absolute Gasteiger partial charge is 0.465 e. The number of amides is 1. The van der Waals surface area contributed by atoms with Crippen molar-refractivity contribution in [3.05, 3.63) is 80.9 Å². The van der Waals surface area contributed by atoms with Gasteiger partial charge in [-0.1, -0.05) is 35.4 Å². The van der Waals surface area contributed by atoms with E-state index in [-0.39, 0.29) is 16.5 Å². The summed E-state index contributed by atoms with van der Waals surface area (Å²) in [5.41, 5.74) is 3.99. The zero-order valence-electron chi connectivity index (χ0n) is 17.6. The molecule has 0 saturated carbocycles. The van der Waals surface area contributed by atoms with E-state index in [0.717, 1.165) is 16.8 Å². The molecule has 1 saturated heterocycles. The number of thioether (sulfide) groups is 1. The average Bonchev–Trinajstić information content (AvgIpc) is 3.36. The highest BCUT2D eigenvalue weighted by Gasteiger charge is 2.24. The maximum atomic E-state index is 12.4. The van der Waals surface area contributed by atoms with Crippen LogP contribution in [-0.4, -0.2) is 24.2 Å². The summed E-state index contributed by atoms with van der Waals surface area (Å²) in [6.45, 7) is 4.01. The summed E-state index contributed by atoms with van der Waals surface area (Å²) >= 11 is 7.45. The van der Waals surface area contributed by atoms with Crippen molar-refractivity contribution in [2.45, 2.75) is 13.8 Å². The molecular formula is C24H19ClN2O4S. The number of aryl methyl sites for hydroxylation is 2. The Morgan fingerprint density at radius 1 is 1.16 bits per heavy atom. The highest BCUT2D eigenvalue weighted by molar-refractivity contribution is 8.18. The number of rotatable bonds is 4. The van der Waals surface area contributed by atoms with E-state index in [2.05, 4.69) is 10.3 Å². The van der Waals surface area contributed by atoms with Gasteiger partial charge in [0.25, 0.3) is 5.91 Å². The summed E-state index contributed by atoms with van der Waals surface area (Å²) in [5, 5.41) is 3.57. The fraction of sp³-hybridized carbons (Fsp3) is 0.125. The zero-order chi connectivity index (χ0) is 22.8. The number of methoxy groups -OCH3 is 1. The van der Waals surface area contributed by atoms with Gasteiger partial charge in [-0.25, -0.2) is 9.79 Å². The van der Waals surface area contributed by atoms with Crippen LogP contribution in [-0.2, 0) is 9.53 Å². The van der Waals surface area contributed by atoms with Crippen molar-refractivity contribution >= 4 is 52.2 Å². The molecule has 1 amide bonds. The van der Waals surface area contributed by atoms with Gasteiger partial charge < -0.3 is 14.5 Å². The van der Waals surface area contributed by atoms with Crippen LogP contribution in [0.15, 0.2) is 62.8 Å². The van der Waals surface area contributed by atoms with Crippen molar-refractivity contribution in [2.24, 2.45) is 4.99 Å². The van der Waals surface area contributed by atoms with Gasteiger partial charge in [-0.15, -0.1) is 0 Å². The predicted octanol–water partition coefficient (Wildman–Crippen LogP) is 5.90. The number of furan rings is 1. The first-order chi connectivity index (χ1) is 15.3. The number of aliphatic imine (C=N–C) groups is 1. The molecule has 1 N–H and O–H groups in total. The maximum absolute atomic E-state index is 12.4. The fourth-order valence-electron chi connectivity index (χ4n) is 3.18. The third-order valence-corrected chi connectivity index (χ3v) is 6.01. The van der Waals surface area contributed by atoms with Crippen molar-refractivity contribution in [3.8, 4) is 11.3 Å². The van der Waals surface area contributed by atoms with E-state index in [4.69, 9.17) is 20.8 Å². The topological polar surface area (TPSA) is 80.9 Å². The predicted molar refractivity (Wildman–Crippen MR) is 127 cm³/mol. The van der Waals surface area contributed by atoms with Gasteiger partial charge in [-0.3, -0.25) is 4.79 Å².